The fourth-order valence-corrected chi connectivity index (χ4v) is 3.08. The number of rotatable bonds is 3. The van der Waals surface area contributed by atoms with E-state index in [-0.39, 0.29) is 18.5 Å². The van der Waals surface area contributed by atoms with E-state index in [2.05, 4.69) is 37.2 Å². The highest BCUT2D eigenvalue weighted by atomic mass is 79.9. The summed E-state index contributed by atoms with van der Waals surface area (Å²) in [6.45, 7) is 2.11. The summed E-state index contributed by atoms with van der Waals surface area (Å²) in [6.07, 6.45) is 0. The first-order chi connectivity index (χ1) is 10.5. The maximum absolute atomic E-state index is 12.4. The summed E-state index contributed by atoms with van der Waals surface area (Å²) in [6, 6.07) is 10.9. The minimum atomic E-state index is -0.276. The molecule has 0 bridgehead atoms. The molecular weight excluding hydrogens is 412 g/mol. The van der Waals surface area contributed by atoms with E-state index in [0.717, 1.165) is 20.2 Å². The van der Waals surface area contributed by atoms with Gasteiger partial charge in [0.25, 0.3) is 11.8 Å². The number of nitrogens with zero attached hydrogens (tertiary/aromatic N) is 1. The molecule has 1 aliphatic rings. The van der Waals surface area contributed by atoms with Gasteiger partial charge in [-0.2, -0.15) is 0 Å². The fourth-order valence-electron chi connectivity index (χ4n) is 2.36. The van der Waals surface area contributed by atoms with Crippen LogP contribution in [0.1, 0.15) is 26.3 Å². The minimum absolute atomic E-state index is 0.140. The molecule has 0 saturated heterocycles. The lowest BCUT2D eigenvalue weighted by Crippen LogP contribution is -2.34. The normalized spacial score (nSPS) is 13.5. The molecule has 2 aromatic rings. The number of aryl methyl sites for hydroxylation is 1. The van der Waals surface area contributed by atoms with Crippen LogP contribution in [0.25, 0.3) is 0 Å². The Morgan fingerprint density at radius 1 is 0.955 bits per heavy atom. The van der Waals surface area contributed by atoms with Gasteiger partial charge in [-0.1, -0.05) is 37.9 Å². The van der Waals surface area contributed by atoms with Crippen molar-refractivity contribution in [1.29, 1.82) is 0 Å². The average Bonchev–Trinajstić information content (AvgIpc) is 2.72. The zero-order chi connectivity index (χ0) is 15.9. The predicted octanol–water partition coefficient (Wildman–Crippen LogP) is 4.19. The van der Waals surface area contributed by atoms with E-state index >= 15 is 0 Å². The molecule has 0 saturated carbocycles. The monoisotopic (exact) mass is 422 g/mol. The van der Waals surface area contributed by atoms with Gasteiger partial charge >= 0.3 is 0 Å². The Hall–Kier alpha value is -1.66. The summed E-state index contributed by atoms with van der Waals surface area (Å²) in [4.78, 5) is 25.9. The van der Waals surface area contributed by atoms with Gasteiger partial charge in [0, 0.05) is 14.6 Å². The molecule has 0 aliphatic carbocycles. The summed E-state index contributed by atoms with van der Waals surface area (Å²) in [5, 5.41) is 3.15. The number of hydrogen-bond donors (Lipinski definition) is 1. The van der Waals surface area contributed by atoms with E-state index < -0.39 is 0 Å². The molecular formula is C16H12Br2N2O2. The largest absolute Gasteiger partial charge is 0.367 e. The molecule has 6 heteroatoms. The number of imide groups is 1. The zero-order valence-electron chi connectivity index (χ0n) is 11.7. The van der Waals surface area contributed by atoms with Crippen molar-refractivity contribution in [3.8, 4) is 0 Å². The van der Waals surface area contributed by atoms with E-state index in [1.54, 1.807) is 18.2 Å². The van der Waals surface area contributed by atoms with Gasteiger partial charge < -0.3 is 5.32 Å². The van der Waals surface area contributed by atoms with Crippen LogP contribution in [0, 0.1) is 6.92 Å². The topological polar surface area (TPSA) is 49.4 Å². The van der Waals surface area contributed by atoms with Gasteiger partial charge in [-0.05, 0) is 42.8 Å². The highest BCUT2D eigenvalue weighted by Crippen LogP contribution is 2.26. The van der Waals surface area contributed by atoms with Crippen LogP contribution in [-0.4, -0.2) is 23.4 Å². The molecule has 1 aliphatic heterocycles. The smallest absolute Gasteiger partial charge is 0.263 e. The van der Waals surface area contributed by atoms with Crippen molar-refractivity contribution in [2.45, 2.75) is 6.92 Å². The van der Waals surface area contributed by atoms with Crippen LogP contribution in [0.2, 0.25) is 0 Å². The van der Waals surface area contributed by atoms with Gasteiger partial charge in [-0.3, -0.25) is 14.5 Å². The number of benzene rings is 2. The van der Waals surface area contributed by atoms with Crippen LogP contribution in [0.15, 0.2) is 45.3 Å². The fraction of sp³-hybridized carbons (Fsp3) is 0.125. The third kappa shape index (κ3) is 2.68. The van der Waals surface area contributed by atoms with E-state index in [4.69, 9.17) is 0 Å². The van der Waals surface area contributed by atoms with Crippen molar-refractivity contribution in [3.05, 3.63) is 62.0 Å². The molecule has 4 nitrogen and oxygen atoms in total. The lowest BCUT2D eigenvalue weighted by atomic mass is 10.1. The summed E-state index contributed by atoms with van der Waals surface area (Å²) >= 11 is 6.73. The Morgan fingerprint density at radius 2 is 1.59 bits per heavy atom. The van der Waals surface area contributed by atoms with E-state index in [9.17, 15) is 9.59 Å². The number of carbonyl (C=O) groups excluding carboxylic acids is 2. The van der Waals surface area contributed by atoms with Crippen molar-refractivity contribution >= 4 is 49.4 Å². The second-order valence-corrected chi connectivity index (χ2v) is 6.85. The Morgan fingerprint density at radius 3 is 2.36 bits per heavy atom. The zero-order valence-corrected chi connectivity index (χ0v) is 14.9. The molecule has 1 N–H and O–H groups in total. The van der Waals surface area contributed by atoms with Crippen LogP contribution >= 0.6 is 31.9 Å². The number of carbonyl (C=O) groups is 2. The third-order valence-electron chi connectivity index (χ3n) is 3.56. The Bertz CT molecular complexity index is 790. The lowest BCUT2D eigenvalue weighted by Gasteiger charge is -2.17. The van der Waals surface area contributed by atoms with E-state index in [0.29, 0.717) is 11.1 Å². The quantitative estimate of drug-likeness (QED) is 0.753. The van der Waals surface area contributed by atoms with Crippen LogP contribution < -0.4 is 5.32 Å². The van der Waals surface area contributed by atoms with Gasteiger partial charge in [0.05, 0.1) is 17.8 Å². The second kappa shape index (κ2) is 5.85. The first-order valence-electron chi connectivity index (χ1n) is 6.63. The van der Waals surface area contributed by atoms with Crippen molar-refractivity contribution in [1.82, 2.24) is 4.90 Å². The summed E-state index contributed by atoms with van der Waals surface area (Å²) < 4.78 is 1.72. The SMILES string of the molecule is Cc1ccc(Br)cc1NCN1C(=O)c2ccc(Br)cc2C1=O. The van der Waals surface area contributed by atoms with Crippen LogP contribution in [-0.2, 0) is 0 Å². The van der Waals surface area contributed by atoms with Crippen molar-refractivity contribution in [2.24, 2.45) is 0 Å². The summed E-state index contributed by atoms with van der Waals surface area (Å²) in [7, 11) is 0. The highest BCUT2D eigenvalue weighted by molar-refractivity contribution is 9.10. The van der Waals surface area contributed by atoms with Crippen LogP contribution in [0.4, 0.5) is 5.69 Å². The molecule has 3 rings (SSSR count). The molecule has 0 atom stereocenters. The highest BCUT2D eigenvalue weighted by Gasteiger charge is 2.35. The van der Waals surface area contributed by atoms with Gasteiger partial charge in [0.2, 0.25) is 0 Å². The molecule has 112 valence electrons. The molecule has 0 fully saturated rings. The van der Waals surface area contributed by atoms with E-state index in [1.165, 1.54) is 4.90 Å². The first kappa shape index (κ1) is 15.2. The number of amides is 2. The first-order valence-corrected chi connectivity index (χ1v) is 8.22. The maximum atomic E-state index is 12.4. The number of halogens is 2. The van der Waals surface area contributed by atoms with Gasteiger partial charge in [-0.15, -0.1) is 0 Å². The number of fused-ring (bicyclic) bond motifs is 1. The standard InChI is InChI=1S/C16H12Br2N2O2/c1-9-2-3-11(18)7-14(9)19-8-20-15(21)12-5-4-10(17)6-13(12)16(20)22/h2-7,19H,8H2,1H3. The van der Waals surface area contributed by atoms with Gasteiger partial charge in [0.1, 0.15) is 0 Å². The van der Waals surface area contributed by atoms with Crippen molar-refractivity contribution < 1.29 is 9.59 Å². The van der Waals surface area contributed by atoms with E-state index in [1.807, 2.05) is 25.1 Å². The number of hydrogen-bond acceptors (Lipinski definition) is 3. The minimum Gasteiger partial charge on any atom is -0.367 e. The Kier molecular flexibility index (Phi) is 4.06. The molecule has 2 aromatic carbocycles. The predicted molar refractivity (Wildman–Crippen MR) is 92.0 cm³/mol. The number of nitrogens with one attached hydrogen (secondary N) is 1. The molecule has 0 aromatic heterocycles. The number of anilines is 1. The third-order valence-corrected chi connectivity index (χ3v) is 4.55. The molecule has 0 spiro atoms. The molecule has 2 amide bonds. The van der Waals surface area contributed by atoms with Crippen molar-refractivity contribution in [3.63, 3.8) is 0 Å². The molecule has 0 radical (unpaired) electrons. The molecule has 0 unspecified atom stereocenters. The second-order valence-electron chi connectivity index (χ2n) is 5.02. The van der Waals surface area contributed by atoms with Crippen molar-refractivity contribution in [2.75, 3.05) is 12.0 Å². The maximum Gasteiger partial charge on any atom is 0.263 e. The lowest BCUT2D eigenvalue weighted by molar-refractivity contribution is 0.0666. The van der Waals surface area contributed by atoms with Crippen LogP contribution in [0.3, 0.4) is 0 Å². The average molecular weight is 424 g/mol. The Labute approximate surface area is 144 Å². The Balaban J connectivity index is 1.81. The summed E-state index contributed by atoms with van der Waals surface area (Å²) in [5.41, 5.74) is 2.81. The van der Waals surface area contributed by atoms with Gasteiger partial charge in [-0.25, -0.2) is 0 Å². The summed E-state index contributed by atoms with van der Waals surface area (Å²) in [5.74, 6) is -0.547. The van der Waals surface area contributed by atoms with Crippen LogP contribution in [0.5, 0.6) is 0 Å². The molecule has 22 heavy (non-hydrogen) atoms. The molecule has 1 heterocycles. The van der Waals surface area contributed by atoms with Gasteiger partial charge in [0.15, 0.2) is 0 Å².